The highest BCUT2D eigenvalue weighted by molar-refractivity contribution is 7.10. The number of hydrogen-bond donors (Lipinski definition) is 1. The summed E-state index contributed by atoms with van der Waals surface area (Å²) in [6, 6.07) is 16.2. The van der Waals surface area contributed by atoms with Crippen LogP contribution in [0.1, 0.15) is 35.9 Å². The van der Waals surface area contributed by atoms with Crippen molar-refractivity contribution in [2.75, 3.05) is 43.0 Å². The van der Waals surface area contributed by atoms with Crippen LogP contribution in [0.2, 0.25) is 0 Å². The number of likely N-dealkylation sites (N-methyl/N-ethyl adjacent to an activating group) is 1. The third kappa shape index (κ3) is 4.93. The molecule has 5 rings (SSSR count). The molecule has 2 aliphatic rings. The third-order valence-electron chi connectivity index (χ3n) is 7.06. The van der Waals surface area contributed by atoms with Crippen molar-refractivity contribution < 1.29 is 19.4 Å². The molecule has 0 radical (unpaired) electrons. The summed E-state index contributed by atoms with van der Waals surface area (Å²) in [5, 5.41) is 13.3. The van der Waals surface area contributed by atoms with Gasteiger partial charge in [-0.15, -0.1) is 11.3 Å². The first-order valence-electron chi connectivity index (χ1n) is 12.9. The van der Waals surface area contributed by atoms with Crippen molar-refractivity contribution in [1.82, 2.24) is 4.90 Å². The molecular weight excluding hydrogens is 498 g/mol. The molecule has 0 saturated carbocycles. The van der Waals surface area contributed by atoms with Gasteiger partial charge in [-0.1, -0.05) is 6.07 Å². The zero-order valence-electron chi connectivity index (χ0n) is 22.2. The van der Waals surface area contributed by atoms with Gasteiger partial charge in [0.2, 0.25) is 0 Å². The van der Waals surface area contributed by atoms with Crippen LogP contribution in [0.5, 0.6) is 5.75 Å². The molecule has 1 unspecified atom stereocenters. The van der Waals surface area contributed by atoms with E-state index in [0.29, 0.717) is 17.0 Å². The summed E-state index contributed by atoms with van der Waals surface area (Å²) in [6.45, 7) is 9.68. The number of carbonyl (C=O) groups is 2. The van der Waals surface area contributed by atoms with Gasteiger partial charge in [-0.25, -0.2) is 0 Å². The number of aliphatic hydroxyl groups is 1. The van der Waals surface area contributed by atoms with Crippen molar-refractivity contribution in [3.05, 3.63) is 81.6 Å². The molecule has 3 heterocycles. The summed E-state index contributed by atoms with van der Waals surface area (Å²) >= 11 is 1.45. The second-order valence-electron chi connectivity index (χ2n) is 10.1. The monoisotopic (exact) mass is 531 g/mol. The number of ketones is 1. The highest BCUT2D eigenvalue weighted by atomic mass is 32.1. The average molecular weight is 532 g/mol. The molecule has 0 aliphatic carbocycles. The normalized spacial score (nSPS) is 20.0. The van der Waals surface area contributed by atoms with E-state index in [1.165, 1.54) is 16.2 Å². The molecule has 3 aromatic rings. The number of aliphatic hydroxyl groups excluding tert-OH is 1. The fourth-order valence-electron chi connectivity index (χ4n) is 5.04. The van der Waals surface area contributed by atoms with Crippen LogP contribution in [0.3, 0.4) is 0 Å². The zero-order chi connectivity index (χ0) is 27.0. The number of nitrogens with zero attached hydrogens (tertiary/aromatic N) is 3. The molecule has 2 fully saturated rings. The van der Waals surface area contributed by atoms with Crippen LogP contribution >= 0.6 is 11.3 Å². The van der Waals surface area contributed by atoms with Gasteiger partial charge in [0.15, 0.2) is 0 Å². The Morgan fingerprint density at radius 2 is 1.68 bits per heavy atom. The Morgan fingerprint density at radius 1 is 1.00 bits per heavy atom. The van der Waals surface area contributed by atoms with Gasteiger partial charge in [0, 0.05) is 48.0 Å². The molecule has 1 aromatic heterocycles. The van der Waals surface area contributed by atoms with Crippen LogP contribution in [0, 0.1) is 6.92 Å². The topological polar surface area (TPSA) is 73.3 Å². The molecule has 0 bridgehead atoms. The summed E-state index contributed by atoms with van der Waals surface area (Å²) in [5.74, 6) is -0.803. The number of hydrogen-bond acceptors (Lipinski definition) is 7. The largest absolute Gasteiger partial charge is 0.507 e. The number of aryl methyl sites for hydroxylation is 1. The van der Waals surface area contributed by atoms with Gasteiger partial charge in [0.05, 0.1) is 11.7 Å². The van der Waals surface area contributed by atoms with E-state index in [1.54, 1.807) is 18.2 Å². The first-order chi connectivity index (χ1) is 18.2. The summed E-state index contributed by atoms with van der Waals surface area (Å²) in [6.07, 6.45) is 0.0138. The molecule has 0 spiro atoms. The van der Waals surface area contributed by atoms with E-state index in [-0.39, 0.29) is 17.4 Å². The fraction of sp³-hybridized carbons (Fsp3) is 0.333. The van der Waals surface area contributed by atoms with E-state index in [0.717, 1.165) is 42.3 Å². The Morgan fingerprint density at radius 3 is 2.29 bits per heavy atom. The maximum atomic E-state index is 13.4. The summed E-state index contributed by atoms with van der Waals surface area (Å²) in [5.41, 5.74) is 3.12. The van der Waals surface area contributed by atoms with Gasteiger partial charge < -0.3 is 19.6 Å². The highest BCUT2D eigenvalue weighted by Gasteiger charge is 2.47. The van der Waals surface area contributed by atoms with Crippen molar-refractivity contribution in [2.45, 2.75) is 32.9 Å². The van der Waals surface area contributed by atoms with Crippen LogP contribution < -0.4 is 14.5 Å². The van der Waals surface area contributed by atoms with E-state index in [1.807, 2.05) is 62.5 Å². The standard InChI is InChI=1S/C30H33N3O4S/c1-19(2)37-24-12-7-21(18-20(24)3)28(34)26-27(25-6-5-17-38-25)33(30(36)29(26)35)23-10-8-22(9-11-23)32-15-13-31(4)14-16-32/h5-12,17-19,27,34H,13-16H2,1-4H3/b28-26-. The lowest BCUT2D eigenvalue weighted by molar-refractivity contribution is -0.132. The minimum atomic E-state index is -0.712. The van der Waals surface area contributed by atoms with Crippen molar-refractivity contribution in [1.29, 1.82) is 0 Å². The Balaban J connectivity index is 1.53. The number of piperazine rings is 1. The lowest BCUT2D eigenvalue weighted by Crippen LogP contribution is -2.44. The Hall–Kier alpha value is -3.62. The minimum absolute atomic E-state index is 0.0138. The first-order valence-corrected chi connectivity index (χ1v) is 13.8. The Bertz CT molecular complexity index is 1360. The zero-order valence-corrected chi connectivity index (χ0v) is 23.0. The van der Waals surface area contributed by atoms with Crippen molar-refractivity contribution in [2.24, 2.45) is 0 Å². The molecule has 38 heavy (non-hydrogen) atoms. The molecule has 2 saturated heterocycles. The summed E-state index contributed by atoms with van der Waals surface area (Å²) in [4.78, 5) is 33.8. The quantitative estimate of drug-likeness (QED) is 0.267. The van der Waals surface area contributed by atoms with Crippen LogP contribution in [0.4, 0.5) is 11.4 Å². The molecular formula is C30H33N3O4S. The third-order valence-corrected chi connectivity index (χ3v) is 7.99. The van der Waals surface area contributed by atoms with Crippen molar-refractivity contribution in [3.63, 3.8) is 0 Å². The lowest BCUT2D eigenvalue weighted by Gasteiger charge is -2.34. The number of carbonyl (C=O) groups excluding carboxylic acids is 2. The minimum Gasteiger partial charge on any atom is -0.507 e. The van der Waals surface area contributed by atoms with Crippen molar-refractivity contribution >= 4 is 40.2 Å². The fourth-order valence-corrected chi connectivity index (χ4v) is 5.87. The number of benzene rings is 2. The average Bonchev–Trinajstić information content (AvgIpc) is 3.52. The number of thiophene rings is 1. The second-order valence-corrected chi connectivity index (χ2v) is 11.1. The first kappa shape index (κ1) is 26.0. The molecule has 1 atom stereocenters. The van der Waals surface area contributed by atoms with E-state index in [4.69, 9.17) is 4.74 Å². The van der Waals surface area contributed by atoms with Crippen molar-refractivity contribution in [3.8, 4) is 5.75 Å². The molecule has 1 amide bonds. The van der Waals surface area contributed by atoms with Crippen LogP contribution in [-0.2, 0) is 9.59 Å². The maximum absolute atomic E-state index is 13.4. The second kappa shape index (κ2) is 10.6. The van der Waals surface area contributed by atoms with Crippen LogP contribution in [0.25, 0.3) is 5.76 Å². The predicted molar refractivity (Wildman–Crippen MR) is 152 cm³/mol. The molecule has 198 valence electrons. The molecule has 2 aromatic carbocycles. The Kier molecular flexibility index (Phi) is 7.27. The smallest absolute Gasteiger partial charge is 0.300 e. The van der Waals surface area contributed by atoms with Gasteiger partial charge in [-0.2, -0.15) is 0 Å². The molecule has 2 aliphatic heterocycles. The Labute approximate surface area is 227 Å². The summed E-state index contributed by atoms with van der Waals surface area (Å²) in [7, 11) is 2.12. The van der Waals surface area contributed by atoms with Gasteiger partial charge in [-0.3, -0.25) is 14.5 Å². The molecule has 7 nitrogen and oxygen atoms in total. The van der Waals surface area contributed by atoms with Gasteiger partial charge in [0.25, 0.3) is 11.7 Å². The van der Waals surface area contributed by atoms with Gasteiger partial charge >= 0.3 is 0 Å². The summed E-state index contributed by atoms with van der Waals surface area (Å²) < 4.78 is 5.83. The van der Waals surface area contributed by atoms with Crippen LogP contribution in [0.15, 0.2) is 65.6 Å². The number of rotatable bonds is 6. The van der Waals surface area contributed by atoms with Gasteiger partial charge in [-0.05, 0) is 87.3 Å². The SMILES string of the molecule is Cc1cc(/C(O)=C2/C(=O)C(=O)N(c3ccc(N4CCN(C)CC4)cc3)C2c2cccs2)ccc1OC(C)C. The number of amides is 1. The predicted octanol–water partition coefficient (Wildman–Crippen LogP) is 5.22. The van der Waals surface area contributed by atoms with Crippen LogP contribution in [-0.4, -0.2) is 61.0 Å². The van der Waals surface area contributed by atoms with E-state index >= 15 is 0 Å². The highest BCUT2D eigenvalue weighted by Crippen LogP contribution is 2.44. The molecule has 1 N–H and O–H groups in total. The number of Topliss-reactive ketones (excluding diaryl/α,β-unsaturated/α-hetero) is 1. The van der Waals surface area contributed by atoms with E-state index in [2.05, 4.69) is 16.8 Å². The maximum Gasteiger partial charge on any atom is 0.300 e. The van der Waals surface area contributed by atoms with Gasteiger partial charge in [0.1, 0.15) is 17.6 Å². The number of ether oxygens (including phenoxy) is 1. The molecule has 8 heteroatoms. The lowest BCUT2D eigenvalue weighted by atomic mass is 9.98. The van der Waals surface area contributed by atoms with E-state index < -0.39 is 17.7 Å². The van der Waals surface area contributed by atoms with E-state index in [9.17, 15) is 14.7 Å². The number of anilines is 2.